The number of aryl methyl sites for hydroxylation is 1. The maximum atomic E-state index is 13.6. The maximum absolute atomic E-state index is 13.6. The Morgan fingerprint density at radius 1 is 1.26 bits per heavy atom. The molecular weight excluding hydrogens is 329 g/mol. The van der Waals surface area contributed by atoms with Crippen LogP contribution in [0.5, 0.6) is 11.5 Å². The molecule has 2 rings (SSSR count). The molecule has 0 atom stereocenters. The monoisotopic (exact) mass is 339 g/mol. The first-order chi connectivity index (χ1) is 8.97. The fourth-order valence-corrected chi connectivity index (χ4v) is 2.22. The number of nitrogens with two attached hydrogens (primary N) is 1. The Morgan fingerprint density at radius 2 is 2.00 bits per heavy atom. The minimum atomic E-state index is -0.426. The van der Waals surface area contributed by atoms with Crippen molar-refractivity contribution in [2.45, 2.75) is 6.92 Å². The molecule has 2 N–H and O–H groups in total. The first-order valence-corrected chi connectivity index (χ1v) is 6.71. The van der Waals surface area contributed by atoms with Crippen LogP contribution in [0, 0.1) is 12.7 Å². The van der Waals surface area contributed by atoms with E-state index in [1.54, 1.807) is 30.3 Å². The van der Waals surface area contributed by atoms with Gasteiger partial charge in [-0.15, -0.1) is 0 Å². The topological polar surface area (TPSA) is 35.2 Å². The molecule has 5 heteroatoms. The van der Waals surface area contributed by atoms with Gasteiger partial charge in [0.05, 0.1) is 0 Å². The van der Waals surface area contributed by atoms with Crippen LogP contribution in [0.15, 0.2) is 40.9 Å². The van der Waals surface area contributed by atoms with Gasteiger partial charge in [-0.3, -0.25) is 0 Å². The molecule has 0 aliphatic carbocycles. The molecule has 0 aliphatic rings. The van der Waals surface area contributed by atoms with Crippen LogP contribution < -0.4 is 10.5 Å². The van der Waals surface area contributed by atoms with Gasteiger partial charge in [0.2, 0.25) is 0 Å². The quantitative estimate of drug-likeness (QED) is 0.845. The lowest BCUT2D eigenvalue weighted by atomic mass is 10.1. The van der Waals surface area contributed by atoms with E-state index in [-0.39, 0.29) is 5.75 Å². The van der Waals surface area contributed by atoms with Gasteiger partial charge in [-0.05, 0) is 48.9 Å². The second kappa shape index (κ2) is 5.67. The number of thiocarbonyl (C=S) groups is 1. The van der Waals surface area contributed by atoms with Gasteiger partial charge in [-0.2, -0.15) is 0 Å². The van der Waals surface area contributed by atoms with Crippen LogP contribution in [-0.2, 0) is 0 Å². The third-order valence-corrected chi connectivity index (χ3v) is 3.30. The van der Waals surface area contributed by atoms with E-state index in [1.165, 1.54) is 6.07 Å². The normalized spacial score (nSPS) is 10.3. The van der Waals surface area contributed by atoms with E-state index in [0.29, 0.717) is 15.2 Å². The number of halogens is 2. The molecule has 0 spiro atoms. The van der Waals surface area contributed by atoms with Crippen LogP contribution in [0.3, 0.4) is 0 Å². The molecule has 0 unspecified atom stereocenters. The van der Waals surface area contributed by atoms with Crippen molar-refractivity contribution in [2.75, 3.05) is 0 Å². The van der Waals surface area contributed by atoms with E-state index in [4.69, 9.17) is 22.7 Å². The summed E-state index contributed by atoms with van der Waals surface area (Å²) in [6, 6.07) is 9.89. The van der Waals surface area contributed by atoms with Gasteiger partial charge in [-0.25, -0.2) is 4.39 Å². The van der Waals surface area contributed by atoms with E-state index in [2.05, 4.69) is 15.9 Å². The summed E-state index contributed by atoms with van der Waals surface area (Å²) >= 11 is 8.12. The molecule has 2 aromatic carbocycles. The molecule has 19 heavy (non-hydrogen) atoms. The van der Waals surface area contributed by atoms with Gasteiger partial charge < -0.3 is 10.5 Å². The summed E-state index contributed by atoms with van der Waals surface area (Å²) in [6.07, 6.45) is 0. The molecule has 0 bridgehead atoms. The molecule has 0 saturated heterocycles. The first kappa shape index (κ1) is 14.0. The summed E-state index contributed by atoms with van der Waals surface area (Å²) in [5.74, 6) is 0.287. The number of ether oxygens (including phenoxy) is 1. The van der Waals surface area contributed by atoms with Crippen molar-refractivity contribution < 1.29 is 9.13 Å². The van der Waals surface area contributed by atoms with Crippen molar-refractivity contribution in [2.24, 2.45) is 5.73 Å². The molecular formula is C14H11BrFNOS. The van der Waals surface area contributed by atoms with E-state index in [0.717, 1.165) is 11.1 Å². The summed E-state index contributed by atoms with van der Waals surface area (Å²) in [6.45, 7) is 1.87. The Kier molecular flexibility index (Phi) is 4.17. The molecule has 0 amide bonds. The molecule has 2 aromatic rings. The van der Waals surface area contributed by atoms with Gasteiger partial charge in [0, 0.05) is 10.0 Å². The van der Waals surface area contributed by atoms with Crippen molar-refractivity contribution in [1.82, 2.24) is 0 Å². The van der Waals surface area contributed by atoms with Gasteiger partial charge in [0.25, 0.3) is 0 Å². The van der Waals surface area contributed by atoms with E-state index in [9.17, 15) is 4.39 Å². The predicted molar refractivity (Wildman–Crippen MR) is 81.2 cm³/mol. The molecule has 0 aliphatic heterocycles. The lowest BCUT2D eigenvalue weighted by Crippen LogP contribution is -2.10. The number of rotatable bonds is 3. The molecule has 98 valence electrons. The highest BCUT2D eigenvalue weighted by Gasteiger charge is 2.07. The van der Waals surface area contributed by atoms with Crippen LogP contribution in [0.2, 0.25) is 0 Å². The summed E-state index contributed by atoms with van der Waals surface area (Å²) in [7, 11) is 0. The lowest BCUT2D eigenvalue weighted by molar-refractivity contribution is 0.441. The van der Waals surface area contributed by atoms with Crippen molar-refractivity contribution in [3.05, 3.63) is 57.8 Å². The smallest absolute Gasteiger partial charge is 0.166 e. The lowest BCUT2D eigenvalue weighted by Gasteiger charge is -2.10. The standard InChI is InChI=1S/C14H11BrFNOS/c1-8-6-10(3-4-11(8)14(17)19)18-13-5-2-9(15)7-12(13)16/h2-7H,1H3,(H2,17,19). The zero-order valence-electron chi connectivity index (χ0n) is 10.1. The van der Waals surface area contributed by atoms with Crippen LogP contribution in [-0.4, -0.2) is 4.99 Å². The van der Waals surface area contributed by atoms with Crippen LogP contribution >= 0.6 is 28.1 Å². The fourth-order valence-electron chi connectivity index (χ4n) is 1.66. The second-order valence-electron chi connectivity index (χ2n) is 4.02. The molecule has 0 fully saturated rings. The summed E-state index contributed by atoms with van der Waals surface area (Å²) in [4.78, 5) is 0.332. The minimum absolute atomic E-state index is 0.172. The predicted octanol–water partition coefficient (Wildman–Crippen LogP) is 4.32. The van der Waals surface area contributed by atoms with Crippen molar-refractivity contribution in [3.63, 3.8) is 0 Å². The zero-order chi connectivity index (χ0) is 14.0. The number of benzene rings is 2. The van der Waals surface area contributed by atoms with E-state index >= 15 is 0 Å². The van der Waals surface area contributed by atoms with Gasteiger partial charge in [-0.1, -0.05) is 28.1 Å². The van der Waals surface area contributed by atoms with Crippen molar-refractivity contribution in [1.29, 1.82) is 0 Å². The largest absolute Gasteiger partial charge is 0.454 e. The van der Waals surface area contributed by atoms with Gasteiger partial charge in [0.15, 0.2) is 11.6 Å². The number of hydrogen-bond donors (Lipinski definition) is 1. The molecule has 0 heterocycles. The maximum Gasteiger partial charge on any atom is 0.166 e. The Balaban J connectivity index is 2.29. The van der Waals surface area contributed by atoms with Crippen LogP contribution in [0.4, 0.5) is 4.39 Å². The Labute approximate surface area is 124 Å². The Morgan fingerprint density at radius 3 is 2.58 bits per heavy atom. The first-order valence-electron chi connectivity index (χ1n) is 5.51. The van der Waals surface area contributed by atoms with E-state index in [1.807, 2.05) is 6.92 Å². The fraction of sp³-hybridized carbons (Fsp3) is 0.0714. The second-order valence-corrected chi connectivity index (χ2v) is 5.37. The zero-order valence-corrected chi connectivity index (χ0v) is 12.5. The SMILES string of the molecule is Cc1cc(Oc2ccc(Br)cc2F)ccc1C(N)=S. The summed E-state index contributed by atoms with van der Waals surface area (Å²) in [5, 5.41) is 0. The third-order valence-electron chi connectivity index (χ3n) is 2.59. The average molecular weight is 340 g/mol. The summed E-state index contributed by atoms with van der Waals surface area (Å²) < 4.78 is 19.8. The van der Waals surface area contributed by atoms with Crippen LogP contribution in [0.1, 0.15) is 11.1 Å². The van der Waals surface area contributed by atoms with Crippen molar-refractivity contribution >= 4 is 33.1 Å². The highest BCUT2D eigenvalue weighted by molar-refractivity contribution is 9.10. The molecule has 0 radical (unpaired) electrons. The van der Waals surface area contributed by atoms with Crippen LogP contribution in [0.25, 0.3) is 0 Å². The van der Waals surface area contributed by atoms with Gasteiger partial charge in [0.1, 0.15) is 10.7 Å². The van der Waals surface area contributed by atoms with Gasteiger partial charge >= 0.3 is 0 Å². The summed E-state index contributed by atoms with van der Waals surface area (Å²) in [5.41, 5.74) is 7.27. The van der Waals surface area contributed by atoms with Crippen molar-refractivity contribution in [3.8, 4) is 11.5 Å². The molecule has 0 aromatic heterocycles. The molecule has 2 nitrogen and oxygen atoms in total. The average Bonchev–Trinajstić information content (AvgIpc) is 2.32. The number of hydrogen-bond acceptors (Lipinski definition) is 2. The third kappa shape index (κ3) is 3.30. The highest BCUT2D eigenvalue weighted by Crippen LogP contribution is 2.28. The Bertz CT molecular complexity index is 645. The molecule has 0 saturated carbocycles. The highest BCUT2D eigenvalue weighted by atomic mass is 79.9. The van der Waals surface area contributed by atoms with E-state index < -0.39 is 5.82 Å². The Hall–Kier alpha value is -1.46. The minimum Gasteiger partial charge on any atom is -0.454 e.